The number of amides is 2. The maximum absolute atomic E-state index is 12.2. The largest absolute Gasteiger partial charge is 0.507 e. The Morgan fingerprint density at radius 3 is 2.50 bits per heavy atom. The topological polar surface area (TPSA) is 95.9 Å². The Labute approximate surface area is 150 Å². The average Bonchev–Trinajstić information content (AvgIpc) is 3.42. The van der Waals surface area contributed by atoms with E-state index in [-0.39, 0.29) is 29.8 Å². The van der Waals surface area contributed by atoms with E-state index in [4.69, 9.17) is 4.74 Å². The van der Waals surface area contributed by atoms with E-state index < -0.39 is 18.5 Å². The predicted octanol–water partition coefficient (Wildman–Crippen LogP) is 1.44. The number of nitrogens with one attached hydrogen (secondary N) is 1. The SMILES string of the molecule is CN(CC(=O)NC1CC1)C(=O)COC(=O)c1cc2ccccc2cc1O. The van der Waals surface area contributed by atoms with Gasteiger partial charge in [0.25, 0.3) is 5.91 Å². The van der Waals surface area contributed by atoms with Gasteiger partial charge in [-0.2, -0.15) is 0 Å². The van der Waals surface area contributed by atoms with Crippen molar-refractivity contribution in [2.24, 2.45) is 0 Å². The number of benzene rings is 2. The van der Waals surface area contributed by atoms with E-state index in [1.165, 1.54) is 24.1 Å². The summed E-state index contributed by atoms with van der Waals surface area (Å²) in [4.78, 5) is 37.1. The molecule has 2 N–H and O–H groups in total. The minimum atomic E-state index is -0.794. The number of likely N-dealkylation sites (N-methyl/N-ethyl adjacent to an activating group) is 1. The maximum Gasteiger partial charge on any atom is 0.342 e. The summed E-state index contributed by atoms with van der Waals surface area (Å²) in [7, 11) is 1.47. The van der Waals surface area contributed by atoms with Crippen LogP contribution in [0.25, 0.3) is 10.8 Å². The molecule has 0 bridgehead atoms. The molecule has 3 rings (SSSR count). The van der Waals surface area contributed by atoms with E-state index >= 15 is 0 Å². The van der Waals surface area contributed by atoms with Gasteiger partial charge >= 0.3 is 5.97 Å². The van der Waals surface area contributed by atoms with Crippen molar-refractivity contribution in [2.45, 2.75) is 18.9 Å². The van der Waals surface area contributed by atoms with Crippen LogP contribution in [-0.4, -0.2) is 54.0 Å². The molecule has 0 heterocycles. The van der Waals surface area contributed by atoms with E-state index in [2.05, 4.69) is 5.32 Å². The van der Waals surface area contributed by atoms with Gasteiger partial charge in [-0.3, -0.25) is 9.59 Å². The average molecular weight is 356 g/mol. The Bertz CT molecular complexity index is 860. The zero-order chi connectivity index (χ0) is 18.7. The number of ether oxygens (including phenoxy) is 1. The van der Waals surface area contributed by atoms with Crippen molar-refractivity contribution in [1.82, 2.24) is 10.2 Å². The Balaban J connectivity index is 1.56. The van der Waals surface area contributed by atoms with Gasteiger partial charge in [-0.15, -0.1) is 0 Å². The van der Waals surface area contributed by atoms with Crippen LogP contribution in [0.4, 0.5) is 0 Å². The van der Waals surface area contributed by atoms with Crippen molar-refractivity contribution in [1.29, 1.82) is 0 Å². The maximum atomic E-state index is 12.2. The molecule has 2 aromatic carbocycles. The highest BCUT2D eigenvalue weighted by molar-refractivity contribution is 5.99. The third kappa shape index (κ3) is 4.30. The second kappa shape index (κ2) is 7.43. The van der Waals surface area contributed by atoms with Crippen molar-refractivity contribution in [2.75, 3.05) is 20.2 Å². The summed E-state index contributed by atoms with van der Waals surface area (Å²) >= 11 is 0. The van der Waals surface area contributed by atoms with E-state index in [1.807, 2.05) is 24.3 Å². The van der Waals surface area contributed by atoms with Gasteiger partial charge in [0.2, 0.25) is 5.91 Å². The van der Waals surface area contributed by atoms with Crippen LogP contribution in [0.1, 0.15) is 23.2 Å². The molecule has 1 saturated carbocycles. The number of phenolic OH excluding ortho intramolecular Hbond substituents is 1. The standard InChI is InChI=1S/C19H20N2O5/c1-21(10-17(23)20-14-6-7-14)18(24)11-26-19(25)15-8-12-4-2-3-5-13(12)9-16(15)22/h2-5,8-9,14,22H,6-7,10-11H2,1H3,(H,20,23). The van der Waals surface area contributed by atoms with Gasteiger partial charge in [0, 0.05) is 13.1 Å². The van der Waals surface area contributed by atoms with E-state index in [0.717, 1.165) is 23.6 Å². The fraction of sp³-hybridized carbons (Fsp3) is 0.316. The van der Waals surface area contributed by atoms with Crippen LogP contribution in [0.2, 0.25) is 0 Å². The number of hydrogen-bond acceptors (Lipinski definition) is 5. The molecule has 26 heavy (non-hydrogen) atoms. The lowest BCUT2D eigenvalue weighted by Gasteiger charge is -2.16. The highest BCUT2D eigenvalue weighted by Crippen LogP contribution is 2.25. The normalized spacial score (nSPS) is 13.3. The van der Waals surface area contributed by atoms with Gasteiger partial charge in [-0.1, -0.05) is 24.3 Å². The van der Waals surface area contributed by atoms with Crippen molar-refractivity contribution < 1.29 is 24.2 Å². The molecule has 2 aromatic rings. The molecule has 1 aliphatic carbocycles. The first-order valence-corrected chi connectivity index (χ1v) is 8.36. The Hall–Kier alpha value is -3.09. The molecule has 7 heteroatoms. The monoisotopic (exact) mass is 356 g/mol. The smallest absolute Gasteiger partial charge is 0.342 e. The molecule has 0 unspecified atom stereocenters. The van der Waals surface area contributed by atoms with E-state index in [0.29, 0.717) is 0 Å². The van der Waals surface area contributed by atoms with Crippen LogP contribution in [0.5, 0.6) is 5.75 Å². The minimum Gasteiger partial charge on any atom is -0.507 e. The number of fused-ring (bicyclic) bond motifs is 1. The van der Waals surface area contributed by atoms with Gasteiger partial charge < -0.3 is 20.1 Å². The summed E-state index contributed by atoms with van der Waals surface area (Å²) < 4.78 is 4.99. The molecule has 136 valence electrons. The quantitative estimate of drug-likeness (QED) is 0.764. The summed E-state index contributed by atoms with van der Waals surface area (Å²) in [5.41, 5.74) is -0.00868. The predicted molar refractivity (Wildman–Crippen MR) is 94.7 cm³/mol. The lowest BCUT2D eigenvalue weighted by Crippen LogP contribution is -2.40. The fourth-order valence-electron chi connectivity index (χ4n) is 2.51. The Kier molecular flexibility index (Phi) is 5.06. The third-order valence-corrected chi connectivity index (χ3v) is 4.16. The Morgan fingerprint density at radius 1 is 1.19 bits per heavy atom. The molecule has 0 aliphatic heterocycles. The lowest BCUT2D eigenvalue weighted by atomic mass is 10.1. The number of phenols is 1. The van der Waals surface area contributed by atoms with Gasteiger partial charge in [0.15, 0.2) is 6.61 Å². The van der Waals surface area contributed by atoms with Gasteiger partial charge in [0.05, 0.1) is 6.54 Å². The van der Waals surface area contributed by atoms with Crippen LogP contribution in [0.3, 0.4) is 0 Å². The summed E-state index contributed by atoms with van der Waals surface area (Å²) in [5.74, 6) is -1.73. The Morgan fingerprint density at radius 2 is 1.85 bits per heavy atom. The van der Waals surface area contributed by atoms with Crippen LogP contribution in [-0.2, 0) is 14.3 Å². The van der Waals surface area contributed by atoms with Crippen molar-refractivity contribution in [3.8, 4) is 5.75 Å². The summed E-state index contributed by atoms with van der Waals surface area (Å²) in [5, 5.41) is 14.4. The summed E-state index contributed by atoms with van der Waals surface area (Å²) in [6, 6.07) is 10.5. The summed E-state index contributed by atoms with van der Waals surface area (Å²) in [6.07, 6.45) is 1.94. The van der Waals surface area contributed by atoms with Gasteiger partial charge in [-0.05, 0) is 35.7 Å². The van der Waals surface area contributed by atoms with Gasteiger partial charge in [-0.25, -0.2) is 4.79 Å². The lowest BCUT2D eigenvalue weighted by molar-refractivity contribution is -0.137. The number of rotatable bonds is 6. The highest BCUT2D eigenvalue weighted by atomic mass is 16.5. The molecule has 0 aromatic heterocycles. The first-order valence-electron chi connectivity index (χ1n) is 8.36. The zero-order valence-electron chi connectivity index (χ0n) is 14.4. The minimum absolute atomic E-state index is 0.00868. The zero-order valence-corrected chi connectivity index (χ0v) is 14.4. The summed E-state index contributed by atoms with van der Waals surface area (Å²) in [6.45, 7) is -0.591. The first-order chi connectivity index (χ1) is 12.4. The third-order valence-electron chi connectivity index (χ3n) is 4.16. The number of esters is 1. The van der Waals surface area contributed by atoms with Crippen molar-refractivity contribution in [3.63, 3.8) is 0 Å². The molecule has 1 aliphatic rings. The second-order valence-corrected chi connectivity index (χ2v) is 6.38. The molecule has 0 saturated heterocycles. The second-order valence-electron chi connectivity index (χ2n) is 6.38. The molecule has 0 spiro atoms. The number of nitrogens with zero attached hydrogens (tertiary/aromatic N) is 1. The van der Waals surface area contributed by atoms with E-state index in [9.17, 15) is 19.5 Å². The fourth-order valence-corrected chi connectivity index (χ4v) is 2.51. The van der Waals surface area contributed by atoms with Crippen molar-refractivity contribution >= 4 is 28.6 Å². The van der Waals surface area contributed by atoms with Crippen LogP contribution in [0.15, 0.2) is 36.4 Å². The molecule has 2 amide bonds. The molecular formula is C19H20N2O5. The van der Waals surface area contributed by atoms with Gasteiger partial charge in [0.1, 0.15) is 11.3 Å². The molecule has 1 fully saturated rings. The molecule has 0 atom stereocenters. The van der Waals surface area contributed by atoms with E-state index in [1.54, 1.807) is 0 Å². The molecule has 0 radical (unpaired) electrons. The number of carbonyl (C=O) groups is 3. The van der Waals surface area contributed by atoms with Crippen LogP contribution >= 0.6 is 0 Å². The first kappa shape index (κ1) is 17.7. The van der Waals surface area contributed by atoms with Crippen LogP contribution < -0.4 is 5.32 Å². The number of hydrogen-bond donors (Lipinski definition) is 2. The molecule has 7 nitrogen and oxygen atoms in total. The van der Waals surface area contributed by atoms with Crippen LogP contribution in [0, 0.1) is 0 Å². The highest BCUT2D eigenvalue weighted by Gasteiger charge is 2.24. The number of aromatic hydroxyl groups is 1. The number of carbonyl (C=O) groups excluding carboxylic acids is 3. The van der Waals surface area contributed by atoms with Crippen molar-refractivity contribution in [3.05, 3.63) is 42.0 Å². The molecular weight excluding hydrogens is 336 g/mol.